The summed E-state index contributed by atoms with van der Waals surface area (Å²) in [5.74, 6) is 0.0659. The van der Waals surface area contributed by atoms with E-state index in [0.717, 1.165) is 6.20 Å². The number of rotatable bonds is 4. The SMILES string of the molecule is CS(=O)(=O)C1CCC(Nc2ccc(OC(F)(F)F)cn2)CC1. The van der Waals surface area contributed by atoms with E-state index < -0.39 is 16.2 Å². The molecule has 0 aliphatic heterocycles. The summed E-state index contributed by atoms with van der Waals surface area (Å²) >= 11 is 0. The van der Waals surface area contributed by atoms with Crippen LogP contribution in [0.3, 0.4) is 0 Å². The van der Waals surface area contributed by atoms with Crippen LogP contribution in [0.5, 0.6) is 5.75 Å². The lowest BCUT2D eigenvalue weighted by molar-refractivity contribution is -0.274. The van der Waals surface area contributed by atoms with Gasteiger partial charge in [-0.15, -0.1) is 13.2 Å². The first-order chi connectivity index (χ1) is 10.1. The average molecular weight is 338 g/mol. The van der Waals surface area contributed by atoms with Crippen molar-refractivity contribution >= 4 is 15.7 Å². The molecule has 0 radical (unpaired) electrons. The lowest BCUT2D eigenvalue weighted by Gasteiger charge is -2.28. The van der Waals surface area contributed by atoms with Crippen molar-refractivity contribution in [2.24, 2.45) is 0 Å². The number of aromatic nitrogens is 1. The van der Waals surface area contributed by atoms with Crippen molar-refractivity contribution in [2.75, 3.05) is 11.6 Å². The number of ether oxygens (including phenoxy) is 1. The van der Waals surface area contributed by atoms with Crippen molar-refractivity contribution in [1.29, 1.82) is 0 Å². The lowest BCUT2D eigenvalue weighted by atomic mass is 9.95. The van der Waals surface area contributed by atoms with Crippen LogP contribution in [0.25, 0.3) is 0 Å². The van der Waals surface area contributed by atoms with Gasteiger partial charge in [0.15, 0.2) is 0 Å². The summed E-state index contributed by atoms with van der Waals surface area (Å²) in [4.78, 5) is 3.87. The van der Waals surface area contributed by atoms with E-state index in [0.29, 0.717) is 31.5 Å². The Bertz CT molecular complexity index is 594. The molecular formula is C13H17F3N2O3S. The molecule has 0 aromatic carbocycles. The molecular weight excluding hydrogens is 321 g/mol. The van der Waals surface area contributed by atoms with Crippen LogP contribution in [-0.2, 0) is 9.84 Å². The van der Waals surface area contributed by atoms with Gasteiger partial charge in [-0.3, -0.25) is 0 Å². The van der Waals surface area contributed by atoms with Crippen LogP contribution < -0.4 is 10.1 Å². The lowest BCUT2D eigenvalue weighted by Crippen LogP contribution is -2.32. The Labute approximate surface area is 126 Å². The molecule has 0 spiro atoms. The highest BCUT2D eigenvalue weighted by molar-refractivity contribution is 7.91. The zero-order valence-corrected chi connectivity index (χ0v) is 12.7. The van der Waals surface area contributed by atoms with Crippen LogP contribution in [0.1, 0.15) is 25.7 Å². The predicted octanol–water partition coefficient (Wildman–Crippen LogP) is 2.75. The van der Waals surface area contributed by atoms with Crippen LogP contribution in [0.2, 0.25) is 0 Å². The summed E-state index contributed by atoms with van der Waals surface area (Å²) in [5, 5.41) is 2.80. The molecule has 1 aliphatic carbocycles. The third-order valence-corrected chi connectivity index (χ3v) is 5.28. The second kappa shape index (κ2) is 6.31. The minimum Gasteiger partial charge on any atom is -0.404 e. The minimum absolute atomic E-state index is 0.0693. The Kier molecular flexibility index (Phi) is 4.84. The number of alkyl halides is 3. The van der Waals surface area contributed by atoms with Crippen molar-refractivity contribution in [3.05, 3.63) is 18.3 Å². The highest BCUT2D eigenvalue weighted by atomic mass is 32.2. The standard InChI is InChI=1S/C13H17F3N2O3S/c1-22(19,20)11-5-2-9(3-6-11)18-12-7-4-10(8-17-12)21-13(14,15)16/h4,7-9,11H,2-3,5-6H2,1H3,(H,17,18). The molecule has 0 saturated heterocycles. The number of hydrogen-bond donors (Lipinski definition) is 1. The van der Waals surface area contributed by atoms with Gasteiger partial charge in [-0.25, -0.2) is 13.4 Å². The molecule has 0 unspecified atom stereocenters. The Balaban J connectivity index is 1.87. The molecule has 0 atom stereocenters. The highest BCUT2D eigenvalue weighted by Gasteiger charge is 2.31. The summed E-state index contributed by atoms with van der Waals surface area (Å²) in [6.45, 7) is 0. The Morgan fingerprint density at radius 2 is 1.86 bits per heavy atom. The van der Waals surface area contributed by atoms with E-state index >= 15 is 0 Å². The van der Waals surface area contributed by atoms with E-state index in [2.05, 4.69) is 15.0 Å². The van der Waals surface area contributed by atoms with Crippen molar-refractivity contribution in [3.8, 4) is 5.75 Å². The second-order valence-electron chi connectivity index (χ2n) is 5.37. The van der Waals surface area contributed by atoms with Gasteiger partial charge >= 0.3 is 6.36 Å². The minimum atomic E-state index is -4.74. The number of halogens is 3. The Morgan fingerprint density at radius 3 is 2.32 bits per heavy atom. The zero-order chi connectivity index (χ0) is 16.4. The van der Waals surface area contributed by atoms with E-state index in [1.165, 1.54) is 18.4 Å². The summed E-state index contributed by atoms with van der Waals surface area (Å²) in [6.07, 6.45) is 0.0168. The third kappa shape index (κ3) is 5.04. The summed E-state index contributed by atoms with van der Waals surface area (Å²) < 4.78 is 62.8. The van der Waals surface area contributed by atoms with E-state index in [4.69, 9.17) is 0 Å². The van der Waals surface area contributed by atoms with Crippen LogP contribution in [0, 0.1) is 0 Å². The van der Waals surface area contributed by atoms with Gasteiger partial charge in [0.2, 0.25) is 0 Å². The molecule has 0 amide bonds. The largest absolute Gasteiger partial charge is 0.573 e. The topological polar surface area (TPSA) is 68.3 Å². The quantitative estimate of drug-likeness (QED) is 0.914. The first-order valence-corrected chi connectivity index (χ1v) is 8.76. The molecule has 2 rings (SSSR count). The van der Waals surface area contributed by atoms with Crippen LogP contribution in [0.4, 0.5) is 19.0 Å². The zero-order valence-electron chi connectivity index (χ0n) is 11.9. The fourth-order valence-electron chi connectivity index (χ4n) is 2.50. The molecule has 22 heavy (non-hydrogen) atoms. The van der Waals surface area contributed by atoms with Crippen LogP contribution in [-0.4, -0.2) is 37.3 Å². The summed E-state index contributed by atoms with van der Waals surface area (Å²) in [6, 6.07) is 2.66. The van der Waals surface area contributed by atoms with Crippen LogP contribution in [0.15, 0.2) is 18.3 Å². The molecule has 1 fully saturated rings. The van der Waals surface area contributed by atoms with E-state index in [-0.39, 0.29) is 17.0 Å². The summed E-state index contributed by atoms with van der Waals surface area (Å²) in [7, 11) is -3.01. The first-order valence-electron chi connectivity index (χ1n) is 6.81. The van der Waals surface area contributed by atoms with Gasteiger partial charge in [0.25, 0.3) is 0 Å². The van der Waals surface area contributed by atoms with E-state index in [9.17, 15) is 21.6 Å². The Morgan fingerprint density at radius 1 is 1.23 bits per heavy atom. The average Bonchev–Trinajstić information content (AvgIpc) is 2.39. The summed E-state index contributed by atoms with van der Waals surface area (Å²) in [5.41, 5.74) is 0. The third-order valence-electron chi connectivity index (χ3n) is 3.60. The van der Waals surface area contributed by atoms with E-state index in [1.54, 1.807) is 0 Å². The van der Waals surface area contributed by atoms with Crippen molar-refractivity contribution < 1.29 is 26.3 Å². The molecule has 5 nitrogen and oxygen atoms in total. The predicted molar refractivity (Wildman–Crippen MR) is 75.4 cm³/mol. The molecule has 1 aliphatic rings. The first kappa shape index (κ1) is 16.9. The Hall–Kier alpha value is -1.51. The number of sulfone groups is 1. The number of hydrogen-bond acceptors (Lipinski definition) is 5. The van der Waals surface area contributed by atoms with Crippen molar-refractivity contribution in [1.82, 2.24) is 4.98 Å². The van der Waals surface area contributed by atoms with Gasteiger partial charge < -0.3 is 10.1 Å². The maximum Gasteiger partial charge on any atom is 0.573 e. The van der Waals surface area contributed by atoms with Gasteiger partial charge in [0.05, 0.1) is 11.4 Å². The smallest absolute Gasteiger partial charge is 0.404 e. The maximum atomic E-state index is 12.0. The molecule has 0 bridgehead atoms. The van der Waals surface area contributed by atoms with Crippen molar-refractivity contribution in [3.63, 3.8) is 0 Å². The molecule has 124 valence electrons. The number of nitrogens with one attached hydrogen (secondary N) is 1. The van der Waals surface area contributed by atoms with Crippen molar-refractivity contribution in [2.45, 2.75) is 43.3 Å². The fraction of sp³-hybridized carbons (Fsp3) is 0.615. The molecule has 1 heterocycles. The number of pyridine rings is 1. The van der Waals surface area contributed by atoms with Gasteiger partial charge in [-0.2, -0.15) is 0 Å². The number of nitrogens with zero attached hydrogens (tertiary/aromatic N) is 1. The normalized spacial score (nSPS) is 23.1. The molecule has 1 aromatic rings. The molecule has 9 heteroatoms. The maximum absolute atomic E-state index is 12.0. The highest BCUT2D eigenvalue weighted by Crippen LogP contribution is 2.27. The monoisotopic (exact) mass is 338 g/mol. The molecule has 1 saturated carbocycles. The number of anilines is 1. The molecule has 1 aromatic heterocycles. The molecule has 1 N–H and O–H groups in total. The van der Waals surface area contributed by atoms with E-state index in [1.807, 2.05) is 0 Å². The van der Waals surface area contributed by atoms with Crippen LogP contribution >= 0.6 is 0 Å². The van der Waals surface area contributed by atoms with Gasteiger partial charge in [0.1, 0.15) is 21.4 Å². The van der Waals surface area contributed by atoms with Gasteiger partial charge in [-0.1, -0.05) is 0 Å². The fourth-order valence-corrected chi connectivity index (χ4v) is 3.63. The van der Waals surface area contributed by atoms with Gasteiger partial charge in [0, 0.05) is 12.3 Å². The second-order valence-corrected chi connectivity index (χ2v) is 7.70. The van der Waals surface area contributed by atoms with Gasteiger partial charge in [-0.05, 0) is 37.8 Å².